The van der Waals surface area contributed by atoms with Crippen molar-refractivity contribution in [2.75, 3.05) is 6.26 Å². The van der Waals surface area contributed by atoms with Crippen molar-refractivity contribution in [2.24, 2.45) is 0 Å². The second-order valence-electron chi connectivity index (χ2n) is 3.27. The summed E-state index contributed by atoms with van der Waals surface area (Å²) >= 11 is 3.00. The Hall–Kier alpha value is -0.560. The lowest BCUT2D eigenvalue weighted by Crippen LogP contribution is -2.08. The highest BCUT2D eigenvalue weighted by Gasteiger charge is 2.31. The van der Waals surface area contributed by atoms with Crippen LogP contribution >= 0.6 is 15.9 Å². The van der Waals surface area contributed by atoms with Crippen molar-refractivity contribution in [3.63, 3.8) is 0 Å². The first-order valence-electron chi connectivity index (χ1n) is 4.12. The number of halogens is 4. The summed E-state index contributed by atoms with van der Waals surface area (Å²) in [6.45, 7) is 0. The minimum atomic E-state index is -4.54. The maximum absolute atomic E-state index is 12.5. The Morgan fingerprint density at radius 2 is 1.81 bits per heavy atom. The third-order valence-electron chi connectivity index (χ3n) is 1.88. The molecule has 0 fully saturated rings. The molecule has 0 saturated carbocycles. The Bertz CT molecular complexity index is 494. The Balaban J connectivity index is 3.45. The molecule has 0 aromatic heterocycles. The molecule has 90 valence electrons. The third-order valence-corrected chi connectivity index (χ3v) is 3.62. The van der Waals surface area contributed by atoms with Gasteiger partial charge < -0.3 is 0 Å². The van der Waals surface area contributed by atoms with Crippen LogP contribution in [0.1, 0.15) is 11.1 Å². The number of rotatable bonds is 2. The van der Waals surface area contributed by atoms with Gasteiger partial charge in [-0.15, -0.1) is 0 Å². The predicted molar refractivity (Wildman–Crippen MR) is 57.2 cm³/mol. The molecule has 1 aromatic rings. The zero-order valence-corrected chi connectivity index (χ0v) is 10.6. The molecule has 0 unspecified atom stereocenters. The first kappa shape index (κ1) is 13.5. The summed E-state index contributed by atoms with van der Waals surface area (Å²) in [4.78, 5) is -0.322. The van der Waals surface area contributed by atoms with E-state index in [-0.39, 0.29) is 15.8 Å². The number of hydrogen-bond acceptors (Lipinski definition) is 2. The lowest BCUT2D eigenvalue weighted by atomic mass is 10.1. The number of benzene rings is 1. The lowest BCUT2D eigenvalue weighted by Gasteiger charge is -2.10. The standard InChI is InChI=1S/C9H8BrF3O2S/c1-16(14,15)8-3-6(5-10)2-7(4-8)9(11,12)13/h2-4H,5H2,1H3. The molecule has 0 radical (unpaired) electrons. The van der Waals surface area contributed by atoms with Crippen LogP contribution in [0.5, 0.6) is 0 Å². The molecule has 0 amide bonds. The van der Waals surface area contributed by atoms with Crippen LogP contribution in [0.4, 0.5) is 13.2 Å². The largest absolute Gasteiger partial charge is 0.416 e. The highest BCUT2D eigenvalue weighted by atomic mass is 79.9. The number of alkyl halides is 4. The fourth-order valence-corrected chi connectivity index (χ4v) is 2.15. The van der Waals surface area contributed by atoms with Crippen LogP contribution in [0.2, 0.25) is 0 Å². The van der Waals surface area contributed by atoms with Gasteiger partial charge in [-0.2, -0.15) is 13.2 Å². The van der Waals surface area contributed by atoms with E-state index in [9.17, 15) is 21.6 Å². The Kier molecular flexibility index (Phi) is 3.69. The summed E-state index contributed by atoms with van der Waals surface area (Å²) < 4.78 is 59.8. The van der Waals surface area contributed by atoms with Gasteiger partial charge in [0, 0.05) is 11.6 Å². The third kappa shape index (κ3) is 3.21. The predicted octanol–water partition coefficient (Wildman–Crippen LogP) is 3.00. The smallest absolute Gasteiger partial charge is 0.224 e. The molecule has 0 aliphatic carbocycles. The molecule has 7 heteroatoms. The Morgan fingerprint density at radius 3 is 2.19 bits per heavy atom. The summed E-state index contributed by atoms with van der Waals surface area (Å²) in [6.07, 6.45) is -3.67. The highest BCUT2D eigenvalue weighted by molar-refractivity contribution is 9.08. The summed E-state index contributed by atoms with van der Waals surface area (Å²) in [5, 5.41) is 0.166. The van der Waals surface area contributed by atoms with Crippen molar-refractivity contribution in [1.82, 2.24) is 0 Å². The molecule has 0 saturated heterocycles. The molecule has 2 nitrogen and oxygen atoms in total. The van der Waals surface area contributed by atoms with Crippen molar-refractivity contribution in [3.8, 4) is 0 Å². The monoisotopic (exact) mass is 316 g/mol. The molecular weight excluding hydrogens is 309 g/mol. The van der Waals surface area contributed by atoms with Gasteiger partial charge in [0.05, 0.1) is 10.5 Å². The van der Waals surface area contributed by atoms with Crippen LogP contribution < -0.4 is 0 Å². The van der Waals surface area contributed by atoms with Crippen LogP contribution in [-0.4, -0.2) is 14.7 Å². The summed E-state index contributed by atoms with van der Waals surface area (Å²) in [5.41, 5.74) is -0.680. The lowest BCUT2D eigenvalue weighted by molar-refractivity contribution is -0.137. The molecule has 0 aliphatic heterocycles. The van der Waals surface area contributed by atoms with Crippen molar-refractivity contribution in [2.45, 2.75) is 16.4 Å². The van der Waals surface area contributed by atoms with Gasteiger partial charge in [0.15, 0.2) is 9.84 Å². The van der Waals surface area contributed by atoms with E-state index in [1.807, 2.05) is 0 Å². The van der Waals surface area contributed by atoms with E-state index in [4.69, 9.17) is 0 Å². The average Bonchev–Trinajstić information content (AvgIpc) is 2.14. The van der Waals surface area contributed by atoms with Gasteiger partial charge in [-0.25, -0.2) is 8.42 Å². The maximum Gasteiger partial charge on any atom is 0.416 e. The van der Waals surface area contributed by atoms with Crippen LogP contribution in [0, 0.1) is 0 Å². The van der Waals surface area contributed by atoms with Crippen LogP contribution in [0.25, 0.3) is 0 Å². The Morgan fingerprint density at radius 1 is 1.25 bits per heavy atom. The molecule has 1 aromatic carbocycles. The molecule has 0 spiro atoms. The van der Waals surface area contributed by atoms with Gasteiger partial charge in [0.1, 0.15) is 0 Å². The molecule has 0 bridgehead atoms. The molecule has 0 heterocycles. The minimum absolute atomic E-state index is 0.166. The molecular formula is C9H8BrF3O2S. The van der Waals surface area contributed by atoms with Crippen molar-refractivity contribution < 1.29 is 21.6 Å². The summed E-state index contributed by atoms with van der Waals surface area (Å²) in [6, 6.07) is 2.78. The summed E-state index contributed by atoms with van der Waals surface area (Å²) in [5.74, 6) is 0. The zero-order valence-electron chi connectivity index (χ0n) is 8.18. The van der Waals surface area contributed by atoms with Crippen LogP contribution in [0.15, 0.2) is 23.1 Å². The SMILES string of the molecule is CS(=O)(=O)c1cc(CBr)cc(C(F)(F)F)c1. The fraction of sp³-hybridized carbons (Fsp3) is 0.333. The molecule has 1 rings (SSSR count). The van der Waals surface area contributed by atoms with Gasteiger partial charge in [-0.3, -0.25) is 0 Å². The Labute approximate surface area is 99.5 Å². The van der Waals surface area contributed by atoms with E-state index in [2.05, 4.69) is 15.9 Å². The van der Waals surface area contributed by atoms with Gasteiger partial charge in [0.25, 0.3) is 0 Å². The first-order chi connectivity index (χ1) is 7.14. The molecule has 16 heavy (non-hydrogen) atoms. The van der Waals surface area contributed by atoms with Crippen molar-refractivity contribution >= 4 is 25.8 Å². The maximum atomic E-state index is 12.5. The quantitative estimate of drug-likeness (QED) is 0.786. The van der Waals surface area contributed by atoms with Crippen LogP contribution in [0.3, 0.4) is 0 Å². The van der Waals surface area contributed by atoms with E-state index < -0.39 is 21.6 Å². The fourth-order valence-electron chi connectivity index (χ4n) is 1.12. The van der Waals surface area contributed by atoms with E-state index in [0.717, 1.165) is 12.3 Å². The average molecular weight is 317 g/mol. The molecule has 0 atom stereocenters. The van der Waals surface area contributed by atoms with Gasteiger partial charge in [-0.1, -0.05) is 15.9 Å². The summed E-state index contributed by atoms with van der Waals surface area (Å²) in [7, 11) is -3.64. The van der Waals surface area contributed by atoms with Gasteiger partial charge in [-0.05, 0) is 23.8 Å². The highest BCUT2D eigenvalue weighted by Crippen LogP contribution is 2.32. The normalized spacial score (nSPS) is 12.8. The van der Waals surface area contributed by atoms with Crippen LogP contribution in [-0.2, 0) is 21.3 Å². The molecule has 0 N–H and O–H groups in total. The van der Waals surface area contributed by atoms with Crippen molar-refractivity contribution in [1.29, 1.82) is 0 Å². The topological polar surface area (TPSA) is 34.1 Å². The first-order valence-corrected chi connectivity index (χ1v) is 7.13. The van der Waals surface area contributed by atoms with Crippen molar-refractivity contribution in [3.05, 3.63) is 29.3 Å². The number of hydrogen-bond donors (Lipinski definition) is 0. The van der Waals surface area contributed by atoms with Gasteiger partial charge >= 0.3 is 6.18 Å². The zero-order chi connectivity index (χ0) is 12.6. The second-order valence-corrected chi connectivity index (χ2v) is 5.85. The number of sulfone groups is 1. The van der Waals surface area contributed by atoms with E-state index >= 15 is 0 Å². The van der Waals surface area contributed by atoms with Gasteiger partial charge in [0.2, 0.25) is 0 Å². The second kappa shape index (κ2) is 4.37. The van der Waals surface area contributed by atoms with E-state index in [1.165, 1.54) is 6.07 Å². The molecule has 0 aliphatic rings. The van der Waals surface area contributed by atoms with E-state index in [1.54, 1.807) is 0 Å². The minimum Gasteiger partial charge on any atom is -0.224 e. The van der Waals surface area contributed by atoms with E-state index in [0.29, 0.717) is 6.07 Å².